The fourth-order valence-corrected chi connectivity index (χ4v) is 0.603. The molecule has 0 saturated heterocycles. The molecule has 0 radical (unpaired) electrons. The molecule has 0 heterocycles. The van der Waals surface area contributed by atoms with E-state index in [0.717, 1.165) is 0 Å². The Hall–Kier alpha value is -1.37. The second-order valence-electron chi connectivity index (χ2n) is 2.78. The number of ether oxygens (including phenoxy) is 1. The summed E-state index contributed by atoms with van der Waals surface area (Å²) in [5.74, 6) is -1.18. The Morgan fingerprint density at radius 1 is 1.42 bits per heavy atom. The van der Waals surface area contributed by atoms with Gasteiger partial charge in [0.25, 0.3) is 0 Å². The van der Waals surface area contributed by atoms with Gasteiger partial charge in [-0.25, -0.2) is 0 Å². The molecule has 66 valence electrons. The van der Waals surface area contributed by atoms with E-state index in [1.807, 2.05) is 13.8 Å². The van der Waals surface area contributed by atoms with E-state index >= 15 is 0 Å². The molecule has 0 fully saturated rings. The molecule has 0 aromatic heterocycles. The standard InChI is InChI=1S/C8H11NO3/c1-6(2)5-8(11)12-7(10)3-4-9/h6H,3,5H2,1-2H3. The summed E-state index contributed by atoms with van der Waals surface area (Å²) < 4.78 is 4.30. The van der Waals surface area contributed by atoms with Gasteiger partial charge in [0.05, 0.1) is 6.07 Å². The van der Waals surface area contributed by atoms with Crippen molar-refractivity contribution in [1.82, 2.24) is 0 Å². The Kier molecular flexibility index (Phi) is 4.70. The summed E-state index contributed by atoms with van der Waals surface area (Å²) in [4.78, 5) is 21.4. The molecular weight excluding hydrogens is 158 g/mol. The largest absolute Gasteiger partial charge is 0.392 e. The van der Waals surface area contributed by atoms with Crippen LogP contribution < -0.4 is 0 Å². The van der Waals surface area contributed by atoms with E-state index < -0.39 is 11.9 Å². The zero-order valence-electron chi connectivity index (χ0n) is 7.16. The highest BCUT2D eigenvalue weighted by molar-refractivity contribution is 5.86. The van der Waals surface area contributed by atoms with Gasteiger partial charge in [-0.2, -0.15) is 5.26 Å². The summed E-state index contributed by atoms with van der Waals surface area (Å²) in [6, 6.07) is 1.60. The second kappa shape index (κ2) is 5.30. The SMILES string of the molecule is CC(C)CC(=O)OC(=O)CC#N. The van der Waals surface area contributed by atoms with E-state index in [1.54, 1.807) is 6.07 Å². The van der Waals surface area contributed by atoms with Crippen molar-refractivity contribution < 1.29 is 14.3 Å². The maximum absolute atomic E-state index is 10.8. The molecular formula is C8H11NO3. The number of carbonyl (C=O) groups excluding carboxylic acids is 2. The van der Waals surface area contributed by atoms with Gasteiger partial charge in [-0.3, -0.25) is 9.59 Å². The van der Waals surface area contributed by atoms with Crippen LogP contribution in [0.15, 0.2) is 0 Å². The lowest BCUT2D eigenvalue weighted by atomic mass is 10.1. The maximum Gasteiger partial charge on any atom is 0.327 e. The monoisotopic (exact) mass is 169 g/mol. The van der Waals surface area contributed by atoms with Gasteiger partial charge in [0.1, 0.15) is 6.42 Å². The van der Waals surface area contributed by atoms with E-state index in [4.69, 9.17) is 5.26 Å². The van der Waals surface area contributed by atoms with Gasteiger partial charge in [-0.15, -0.1) is 0 Å². The molecule has 0 spiro atoms. The number of carbonyl (C=O) groups is 2. The Morgan fingerprint density at radius 3 is 2.42 bits per heavy atom. The molecule has 0 N–H and O–H groups in total. The average molecular weight is 169 g/mol. The minimum Gasteiger partial charge on any atom is -0.392 e. The minimum atomic E-state index is -0.775. The zero-order valence-corrected chi connectivity index (χ0v) is 7.16. The third-order valence-electron chi connectivity index (χ3n) is 1.03. The van der Waals surface area contributed by atoms with Crippen molar-refractivity contribution >= 4 is 11.9 Å². The van der Waals surface area contributed by atoms with Gasteiger partial charge < -0.3 is 4.74 Å². The Balaban J connectivity index is 3.71. The second-order valence-corrected chi connectivity index (χ2v) is 2.78. The molecule has 0 aromatic rings. The summed E-state index contributed by atoms with van der Waals surface area (Å²) >= 11 is 0. The highest BCUT2D eigenvalue weighted by Gasteiger charge is 2.10. The Morgan fingerprint density at radius 2 is 2.00 bits per heavy atom. The molecule has 4 heteroatoms. The smallest absolute Gasteiger partial charge is 0.327 e. The van der Waals surface area contributed by atoms with Crippen molar-refractivity contribution in [3.8, 4) is 6.07 Å². The first-order valence-corrected chi connectivity index (χ1v) is 3.66. The molecule has 12 heavy (non-hydrogen) atoms. The third-order valence-corrected chi connectivity index (χ3v) is 1.03. The van der Waals surface area contributed by atoms with E-state index in [-0.39, 0.29) is 18.8 Å². The van der Waals surface area contributed by atoms with Gasteiger partial charge in [0.15, 0.2) is 0 Å². The van der Waals surface area contributed by atoms with Crippen molar-refractivity contribution in [1.29, 1.82) is 5.26 Å². The number of nitriles is 1. The van der Waals surface area contributed by atoms with Crippen molar-refractivity contribution in [3.63, 3.8) is 0 Å². The minimum absolute atomic E-state index is 0.160. The van der Waals surface area contributed by atoms with Crippen molar-refractivity contribution in [2.24, 2.45) is 5.92 Å². The lowest BCUT2D eigenvalue weighted by Gasteiger charge is -2.02. The summed E-state index contributed by atoms with van der Waals surface area (Å²) in [6.45, 7) is 3.69. The van der Waals surface area contributed by atoms with Gasteiger partial charge in [0, 0.05) is 6.42 Å². The maximum atomic E-state index is 10.8. The highest BCUT2D eigenvalue weighted by atomic mass is 16.6. The fourth-order valence-electron chi connectivity index (χ4n) is 0.603. The molecule has 0 amide bonds. The molecule has 0 atom stereocenters. The molecule has 0 aliphatic carbocycles. The molecule has 0 saturated carbocycles. The number of nitrogens with zero attached hydrogens (tertiary/aromatic N) is 1. The average Bonchev–Trinajstić information content (AvgIpc) is 1.84. The zero-order chi connectivity index (χ0) is 9.56. The van der Waals surface area contributed by atoms with Crippen LogP contribution in [0.5, 0.6) is 0 Å². The fraction of sp³-hybridized carbons (Fsp3) is 0.625. The molecule has 0 unspecified atom stereocenters. The first-order valence-electron chi connectivity index (χ1n) is 3.66. The molecule has 0 aliphatic heterocycles. The summed E-state index contributed by atoms with van der Waals surface area (Å²) in [5, 5.41) is 8.07. The van der Waals surface area contributed by atoms with Crippen LogP contribution in [0.25, 0.3) is 0 Å². The van der Waals surface area contributed by atoms with E-state index in [2.05, 4.69) is 4.74 Å². The quantitative estimate of drug-likeness (QED) is 0.467. The predicted molar refractivity (Wildman–Crippen MR) is 40.8 cm³/mol. The molecule has 0 bridgehead atoms. The van der Waals surface area contributed by atoms with Gasteiger partial charge in [0.2, 0.25) is 0 Å². The topological polar surface area (TPSA) is 67.2 Å². The number of rotatable bonds is 3. The van der Waals surface area contributed by atoms with Crippen LogP contribution in [0.4, 0.5) is 0 Å². The van der Waals surface area contributed by atoms with Gasteiger partial charge in [-0.05, 0) is 5.92 Å². The van der Waals surface area contributed by atoms with Crippen LogP contribution >= 0.6 is 0 Å². The van der Waals surface area contributed by atoms with Crippen molar-refractivity contribution in [2.45, 2.75) is 26.7 Å². The number of hydrogen-bond acceptors (Lipinski definition) is 4. The lowest BCUT2D eigenvalue weighted by Crippen LogP contribution is -2.13. The Bertz CT molecular complexity index is 215. The Labute approximate surface area is 71.1 Å². The van der Waals surface area contributed by atoms with Crippen LogP contribution in [0.2, 0.25) is 0 Å². The normalized spacial score (nSPS) is 9.17. The predicted octanol–water partition coefficient (Wildman–Crippen LogP) is 1.02. The van der Waals surface area contributed by atoms with Crippen LogP contribution in [0.3, 0.4) is 0 Å². The van der Waals surface area contributed by atoms with E-state index in [0.29, 0.717) is 0 Å². The number of hydrogen-bond donors (Lipinski definition) is 0. The first-order chi connectivity index (χ1) is 5.56. The third kappa shape index (κ3) is 5.42. The first kappa shape index (κ1) is 10.6. The summed E-state index contributed by atoms with van der Waals surface area (Å²) in [5.41, 5.74) is 0. The van der Waals surface area contributed by atoms with Crippen molar-refractivity contribution in [3.05, 3.63) is 0 Å². The van der Waals surface area contributed by atoms with Gasteiger partial charge >= 0.3 is 11.9 Å². The van der Waals surface area contributed by atoms with Crippen LogP contribution in [-0.4, -0.2) is 11.9 Å². The summed E-state index contributed by atoms with van der Waals surface area (Å²) in [6.07, 6.45) is -0.166. The van der Waals surface area contributed by atoms with Gasteiger partial charge in [-0.1, -0.05) is 13.8 Å². The molecule has 0 aromatic carbocycles. The van der Waals surface area contributed by atoms with E-state index in [1.165, 1.54) is 0 Å². The highest BCUT2D eigenvalue weighted by Crippen LogP contribution is 2.01. The van der Waals surface area contributed by atoms with Crippen molar-refractivity contribution in [2.75, 3.05) is 0 Å². The molecule has 4 nitrogen and oxygen atoms in total. The lowest BCUT2D eigenvalue weighted by molar-refractivity contribution is -0.159. The molecule has 0 rings (SSSR count). The summed E-state index contributed by atoms with van der Waals surface area (Å²) in [7, 11) is 0. The van der Waals surface area contributed by atoms with Crippen LogP contribution in [0, 0.1) is 17.2 Å². The van der Waals surface area contributed by atoms with Crippen LogP contribution in [-0.2, 0) is 14.3 Å². The molecule has 0 aliphatic rings. The number of esters is 2. The van der Waals surface area contributed by atoms with Crippen LogP contribution in [0.1, 0.15) is 26.7 Å². The van der Waals surface area contributed by atoms with E-state index in [9.17, 15) is 9.59 Å².